The summed E-state index contributed by atoms with van der Waals surface area (Å²) in [6.07, 6.45) is 0. The lowest BCUT2D eigenvalue weighted by Crippen LogP contribution is -2.10. The van der Waals surface area contributed by atoms with Gasteiger partial charge in [0, 0.05) is 25.3 Å². The molecular weight excluding hydrogens is 206 g/mol. The molecule has 0 aromatic heterocycles. The molecular formula is C12H19NO3. The van der Waals surface area contributed by atoms with Crippen LogP contribution in [0.25, 0.3) is 0 Å². The van der Waals surface area contributed by atoms with Gasteiger partial charge in [0.25, 0.3) is 0 Å². The predicted octanol–water partition coefficient (Wildman–Crippen LogP) is 1.44. The second kappa shape index (κ2) is 7.09. The van der Waals surface area contributed by atoms with Crippen molar-refractivity contribution in [3.05, 3.63) is 23.8 Å². The average molecular weight is 225 g/mol. The van der Waals surface area contributed by atoms with Crippen molar-refractivity contribution in [3.8, 4) is 11.5 Å². The van der Waals surface area contributed by atoms with Gasteiger partial charge >= 0.3 is 0 Å². The third kappa shape index (κ3) is 3.72. The van der Waals surface area contributed by atoms with Crippen LogP contribution in [0.3, 0.4) is 0 Å². The zero-order valence-corrected chi connectivity index (χ0v) is 10.1. The van der Waals surface area contributed by atoms with Crippen molar-refractivity contribution in [3.63, 3.8) is 0 Å². The molecule has 90 valence electrons. The maximum atomic E-state index is 5.63. The molecule has 0 spiro atoms. The number of nitrogens with one attached hydrogen (secondary N) is 1. The van der Waals surface area contributed by atoms with Crippen molar-refractivity contribution < 1.29 is 14.2 Å². The molecule has 1 aromatic rings. The van der Waals surface area contributed by atoms with Crippen LogP contribution in [0, 0.1) is 0 Å². The zero-order chi connectivity index (χ0) is 11.8. The molecule has 1 N–H and O–H groups in total. The van der Waals surface area contributed by atoms with Crippen LogP contribution in [0.15, 0.2) is 18.2 Å². The second-order valence-electron chi connectivity index (χ2n) is 3.35. The van der Waals surface area contributed by atoms with Crippen LogP contribution < -0.4 is 14.8 Å². The Morgan fingerprint density at radius 3 is 2.62 bits per heavy atom. The molecule has 4 nitrogen and oxygen atoms in total. The van der Waals surface area contributed by atoms with Gasteiger partial charge in [0.2, 0.25) is 0 Å². The normalized spacial score (nSPS) is 10.2. The Kier molecular flexibility index (Phi) is 5.67. The van der Waals surface area contributed by atoms with Crippen LogP contribution in [0.1, 0.15) is 5.56 Å². The Balaban J connectivity index is 2.74. The fourth-order valence-corrected chi connectivity index (χ4v) is 1.37. The summed E-state index contributed by atoms with van der Waals surface area (Å²) in [5, 5.41) is 3.10. The first kappa shape index (κ1) is 12.8. The van der Waals surface area contributed by atoms with Crippen molar-refractivity contribution in [1.82, 2.24) is 5.32 Å². The van der Waals surface area contributed by atoms with Gasteiger partial charge in [-0.1, -0.05) is 6.07 Å². The third-order valence-corrected chi connectivity index (χ3v) is 2.19. The molecule has 0 aliphatic heterocycles. The number of rotatable bonds is 7. The summed E-state index contributed by atoms with van der Waals surface area (Å²) in [5.74, 6) is 1.64. The Morgan fingerprint density at radius 1 is 1.19 bits per heavy atom. The van der Waals surface area contributed by atoms with E-state index >= 15 is 0 Å². The Morgan fingerprint density at radius 2 is 2.00 bits per heavy atom. The standard InChI is InChI=1S/C12H19NO3/c1-13-9-10-4-5-11(15-3)8-12(10)16-7-6-14-2/h4-5,8,13H,6-7,9H2,1-3H3. The van der Waals surface area contributed by atoms with Crippen LogP contribution in [-0.2, 0) is 11.3 Å². The fourth-order valence-electron chi connectivity index (χ4n) is 1.37. The first-order valence-electron chi connectivity index (χ1n) is 5.25. The lowest BCUT2D eigenvalue weighted by Gasteiger charge is -2.12. The summed E-state index contributed by atoms with van der Waals surface area (Å²) in [6, 6.07) is 5.82. The fraction of sp³-hybridized carbons (Fsp3) is 0.500. The van der Waals surface area contributed by atoms with Crippen LogP contribution in [0.4, 0.5) is 0 Å². The number of hydrogen-bond donors (Lipinski definition) is 1. The van der Waals surface area contributed by atoms with Gasteiger partial charge in [-0.25, -0.2) is 0 Å². The van der Waals surface area contributed by atoms with Gasteiger partial charge in [-0.3, -0.25) is 0 Å². The quantitative estimate of drug-likeness (QED) is 0.713. The van der Waals surface area contributed by atoms with Crippen molar-refractivity contribution in [2.75, 3.05) is 34.5 Å². The highest BCUT2D eigenvalue weighted by Crippen LogP contribution is 2.24. The molecule has 0 radical (unpaired) electrons. The van der Waals surface area contributed by atoms with Crippen LogP contribution in [0.5, 0.6) is 11.5 Å². The minimum atomic E-state index is 0.542. The average Bonchev–Trinajstić information content (AvgIpc) is 2.31. The lowest BCUT2D eigenvalue weighted by molar-refractivity contribution is 0.145. The van der Waals surface area contributed by atoms with E-state index in [1.54, 1.807) is 14.2 Å². The smallest absolute Gasteiger partial charge is 0.127 e. The SMILES string of the molecule is CNCc1ccc(OC)cc1OCCOC. The van der Waals surface area contributed by atoms with E-state index in [-0.39, 0.29) is 0 Å². The summed E-state index contributed by atoms with van der Waals surface area (Å²) in [7, 11) is 5.21. The Labute approximate surface area is 96.5 Å². The van der Waals surface area contributed by atoms with E-state index < -0.39 is 0 Å². The number of methoxy groups -OCH3 is 2. The van der Waals surface area contributed by atoms with E-state index in [9.17, 15) is 0 Å². The maximum absolute atomic E-state index is 5.63. The van der Waals surface area contributed by atoms with Gasteiger partial charge in [-0.15, -0.1) is 0 Å². The van der Waals surface area contributed by atoms with Gasteiger partial charge < -0.3 is 19.5 Å². The molecule has 0 heterocycles. The summed E-state index contributed by atoms with van der Waals surface area (Å²) in [5.41, 5.74) is 1.11. The van der Waals surface area contributed by atoms with E-state index in [1.807, 2.05) is 25.2 Å². The summed E-state index contributed by atoms with van der Waals surface area (Å²) >= 11 is 0. The van der Waals surface area contributed by atoms with E-state index in [4.69, 9.17) is 14.2 Å². The van der Waals surface area contributed by atoms with Crippen molar-refractivity contribution in [2.45, 2.75) is 6.54 Å². The molecule has 0 saturated carbocycles. The molecule has 4 heteroatoms. The van der Waals surface area contributed by atoms with Gasteiger partial charge in [-0.05, 0) is 13.1 Å². The minimum Gasteiger partial charge on any atom is -0.497 e. The molecule has 0 atom stereocenters. The van der Waals surface area contributed by atoms with Gasteiger partial charge in [-0.2, -0.15) is 0 Å². The molecule has 0 bridgehead atoms. The lowest BCUT2D eigenvalue weighted by atomic mass is 10.2. The Bertz CT molecular complexity index is 315. The Hall–Kier alpha value is -1.26. The predicted molar refractivity (Wildman–Crippen MR) is 63.1 cm³/mol. The first-order chi connectivity index (χ1) is 7.81. The highest BCUT2D eigenvalue weighted by molar-refractivity contribution is 5.40. The zero-order valence-electron chi connectivity index (χ0n) is 10.1. The van der Waals surface area contributed by atoms with Crippen molar-refractivity contribution >= 4 is 0 Å². The molecule has 0 fully saturated rings. The second-order valence-corrected chi connectivity index (χ2v) is 3.35. The summed E-state index contributed by atoms with van der Waals surface area (Å²) < 4.78 is 15.7. The van der Waals surface area contributed by atoms with Gasteiger partial charge in [0.15, 0.2) is 0 Å². The van der Waals surface area contributed by atoms with Gasteiger partial charge in [0.1, 0.15) is 18.1 Å². The summed E-state index contributed by atoms with van der Waals surface area (Å²) in [4.78, 5) is 0. The first-order valence-corrected chi connectivity index (χ1v) is 5.25. The van der Waals surface area contributed by atoms with E-state index in [2.05, 4.69) is 5.32 Å². The van der Waals surface area contributed by atoms with Crippen molar-refractivity contribution in [2.24, 2.45) is 0 Å². The number of benzene rings is 1. The molecule has 1 rings (SSSR count). The molecule has 0 saturated heterocycles. The molecule has 16 heavy (non-hydrogen) atoms. The maximum Gasteiger partial charge on any atom is 0.127 e. The topological polar surface area (TPSA) is 39.7 Å². The molecule has 0 unspecified atom stereocenters. The molecule has 0 amide bonds. The van der Waals surface area contributed by atoms with Gasteiger partial charge in [0.05, 0.1) is 13.7 Å². The number of ether oxygens (including phenoxy) is 3. The highest BCUT2D eigenvalue weighted by atomic mass is 16.5. The van der Waals surface area contributed by atoms with Crippen LogP contribution >= 0.6 is 0 Å². The van der Waals surface area contributed by atoms with E-state index in [1.165, 1.54) is 0 Å². The molecule has 0 aliphatic carbocycles. The van der Waals surface area contributed by atoms with Crippen molar-refractivity contribution in [1.29, 1.82) is 0 Å². The third-order valence-electron chi connectivity index (χ3n) is 2.19. The molecule has 1 aromatic carbocycles. The minimum absolute atomic E-state index is 0.542. The van der Waals surface area contributed by atoms with Crippen LogP contribution in [-0.4, -0.2) is 34.5 Å². The largest absolute Gasteiger partial charge is 0.497 e. The van der Waals surface area contributed by atoms with E-state index in [0.29, 0.717) is 13.2 Å². The highest BCUT2D eigenvalue weighted by Gasteiger charge is 2.04. The van der Waals surface area contributed by atoms with E-state index in [0.717, 1.165) is 23.6 Å². The van der Waals surface area contributed by atoms with Crippen LogP contribution in [0.2, 0.25) is 0 Å². The summed E-state index contributed by atoms with van der Waals surface area (Å²) in [6.45, 7) is 1.89. The number of hydrogen-bond acceptors (Lipinski definition) is 4. The monoisotopic (exact) mass is 225 g/mol. The molecule has 0 aliphatic rings.